The van der Waals surface area contributed by atoms with Gasteiger partial charge < -0.3 is 15.1 Å². The summed E-state index contributed by atoms with van der Waals surface area (Å²) in [6.07, 6.45) is 6.71. The summed E-state index contributed by atoms with van der Waals surface area (Å²) in [7, 11) is 0. The van der Waals surface area contributed by atoms with Crippen LogP contribution in [0.4, 0.5) is 0 Å². The molecule has 1 fully saturated rings. The lowest BCUT2D eigenvalue weighted by molar-refractivity contribution is 0.329. The molecule has 0 aliphatic heterocycles. The number of nitrogens with zero attached hydrogens (tertiary/aromatic N) is 2. The number of rotatable bonds is 5. The van der Waals surface area contributed by atoms with E-state index in [1.165, 1.54) is 25.7 Å². The summed E-state index contributed by atoms with van der Waals surface area (Å²) in [5, 5.41) is 6.90. The molecule has 0 unspecified atom stereocenters. The van der Waals surface area contributed by atoms with Crippen molar-refractivity contribution in [1.82, 2.24) is 15.6 Å². The molecule has 2 aromatic rings. The zero-order chi connectivity index (χ0) is 17.5. The first-order valence-electron chi connectivity index (χ1n) is 9.29. The highest BCUT2D eigenvalue weighted by Crippen LogP contribution is 2.23. The molecular weight excluding hydrogens is 312 g/mol. The van der Waals surface area contributed by atoms with Crippen LogP contribution >= 0.6 is 0 Å². The number of nitrogens with one attached hydrogen (secondary N) is 2. The van der Waals surface area contributed by atoms with Gasteiger partial charge in [0.15, 0.2) is 5.96 Å². The van der Waals surface area contributed by atoms with Crippen molar-refractivity contribution in [2.75, 3.05) is 6.54 Å². The summed E-state index contributed by atoms with van der Waals surface area (Å²) in [4.78, 5) is 9.22. The van der Waals surface area contributed by atoms with E-state index in [4.69, 9.17) is 4.42 Å². The molecule has 25 heavy (non-hydrogen) atoms. The van der Waals surface area contributed by atoms with Gasteiger partial charge in [-0.2, -0.15) is 0 Å². The molecule has 0 spiro atoms. The van der Waals surface area contributed by atoms with Crippen LogP contribution in [0.1, 0.15) is 45.2 Å². The Morgan fingerprint density at radius 1 is 1.20 bits per heavy atom. The van der Waals surface area contributed by atoms with Crippen molar-refractivity contribution in [3.63, 3.8) is 0 Å². The zero-order valence-electron chi connectivity index (χ0n) is 15.2. The topological polar surface area (TPSA) is 62.5 Å². The lowest BCUT2D eigenvalue weighted by atomic mass is 9.87. The maximum absolute atomic E-state index is 5.58. The van der Waals surface area contributed by atoms with Crippen LogP contribution in [0.15, 0.2) is 46.0 Å². The number of guanidine groups is 1. The number of aliphatic imine (C=N–C) groups is 1. The Kier molecular flexibility index (Phi) is 6.09. The standard InChI is InChI=1S/C20H28N4O/c1-3-21-20(24-17-11-9-15(2)10-12-17)22-13-18-14-25-19(23-18)16-7-5-4-6-8-16/h4-8,14-15,17H,3,9-13H2,1-2H3,(H2,21,22,24). The molecule has 1 heterocycles. The fourth-order valence-corrected chi connectivity index (χ4v) is 3.17. The molecule has 3 rings (SSSR count). The predicted octanol–water partition coefficient (Wildman–Crippen LogP) is 3.98. The Labute approximate surface area is 150 Å². The van der Waals surface area contributed by atoms with Gasteiger partial charge >= 0.3 is 0 Å². The number of hydrogen-bond acceptors (Lipinski definition) is 3. The minimum atomic E-state index is 0.509. The summed E-state index contributed by atoms with van der Waals surface area (Å²) in [6.45, 7) is 5.78. The fraction of sp³-hybridized carbons (Fsp3) is 0.500. The third-order valence-electron chi connectivity index (χ3n) is 4.67. The van der Waals surface area contributed by atoms with Crippen molar-refractivity contribution in [2.45, 2.75) is 52.1 Å². The first-order chi connectivity index (χ1) is 12.2. The molecule has 1 aromatic heterocycles. The van der Waals surface area contributed by atoms with Crippen molar-refractivity contribution < 1.29 is 4.42 Å². The van der Waals surface area contributed by atoms with Crippen LogP contribution < -0.4 is 10.6 Å². The minimum Gasteiger partial charge on any atom is -0.444 e. The highest BCUT2D eigenvalue weighted by atomic mass is 16.3. The Morgan fingerprint density at radius 3 is 2.68 bits per heavy atom. The highest BCUT2D eigenvalue weighted by Gasteiger charge is 2.18. The Hall–Kier alpha value is -2.30. The molecule has 2 N–H and O–H groups in total. The van der Waals surface area contributed by atoms with Gasteiger partial charge in [-0.05, 0) is 50.7 Å². The molecule has 0 amide bonds. The summed E-state index contributed by atoms with van der Waals surface area (Å²) in [5.74, 6) is 2.36. The third kappa shape index (κ3) is 5.08. The number of oxazole rings is 1. The zero-order valence-corrected chi connectivity index (χ0v) is 15.2. The Bertz CT molecular complexity index is 672. The van der Waals surface area contributed by atoms with E-state index in [-0.39, 0.29) is 0 Å². The first-order valence-corrected chi connectivity index (χ1v) is 9.29. The Balaban J connectivity index is 1.60. The molecular formula is C20H28N4O. The maximum atomic E-state index is 5.58. The van der Waals surface area contributed by atoms with Gasteiger partial charge in [-0.15, -0.1) is 0 Å². The van der Waals surface area contributed by atoms with Crippen molar-refractivity contribution in [1.29, 1.82) is 0 Å². The second kappa shape index (κ2) is 8.70. The molecule has 1 aliphatic carbocycles. The summed E-state index contributed by atoms with van der Waals surface area (Å²) in [6, 6.07) is 10.5. The predicted molar refractivity (Wildman–Crippen MR) is 101 cm³/mol. The van der Waals surface area contributed by atoms with Gasteiger partial charge in [-0.3, -0.25) is 0 Å². The minimum absolute atomic E-state index is 0.509. The molecule has 5 heteroatoms. The summed E-state index contributed by atoms with van der Waals surface area (Å²) in [5.41, 5.74) is 1.83. The summed E-state index contributed by atoms with van der Waals surface area (Å²) < 4.78 is 5.58. The summed E-state index contributed by atoms with van der Waals surface area (Å²) >= 11 is 0. The van der Waals surface area contributed by atoms with Crippen LogP contribution in [0.5, 0.6) is 0 Å². The molecule has 5 nitrogen and oxygen atoms in total. The average Bonchev–Trinajstić information content (AvgIpc) is 3.12. The SMILES string of the molecule is CCNC(=NCc1coc(-c2ccccc2)n1)NC1CCC(C)CC1. The van der Waals surface area contributed by atoms with Crippen LogP contribution in [-0.2, 0) is 6.54 Å². The van der Waals surface area contributed by atoms with Gasteiger partial charge in [0.1, 0.15) is 12.0 Å². The number of hydrogen-bond donors (Lipinski definition) is 2. The monoisotopic (exact) mass is 340 g/mol. The van der Waals surface area contributed by atoms with Crippen LogP contribution in [0.2, 0.25) is 0 Å². The first kappa shape index (κ1) is 17.5. The molecule has 0 saturated heterocycles. The second-order valence-corrected chi connectivity index (χ2v) is 6.81. The van der Waals surface area contributed by atoms with Crippen molar-refractivity contribution in [2.24, 2.45) is 10.9 Å². The van der Waals surface area contributed by atoms with E-state index in [2.05, 4.69) is 34.5 Å². The van der Waals surface area contributed by atoms with Gasteiger partial charge in [0.05, 0.1) is 6.54 Å². The molecule has 0 bridgehead atoms. The Morgan fingerprint density at radius 2 is 1.96 bits per heavy atom. The fourth-order valence-electron chi connectivity index (χ4n) is 3.17. The van der Waals surface area contributed by atoms with E-state index in [1.54, 1.807) is 6.26 Å². The van der Waals surface area contributed by atoms with Crippen LogP contribution in [0.3, 0.4) is 0 Å². The molecule has 134 valence electrons. The molecule has 0 atom stereocenters. The second-order valence-electron chi connectivity index (χ2n) is 6.81. The van der Waals surface area contributed by atoms with Gasteiger partial charge in [-0.1, -0.05) is 25.1 Å². The van der Waals surface area contributed by atoms with E-state index >= 15 is 0 Å². The lowest BCUT2D eigenvalue weighted by Crippen LogP contribution is -2.44. The number of benzene rings is 1. The van der Waals surface area contributed by atoms with E-state index in [0.29, 0.717) is 18.5 Å². The third-order valence-corrected chi connectivity index (χ3v) is 4.67. The normalized spacial score (nSPS) is 21.1. The van der Waals surface area contributed by atoms with Crippen LogP contribution in [0, 0.1) is 5.92 Å². The van der Waals surface area contributed by atoms with Crippen molar-refractivity contribution in [3.8, 4) is 11.5 Å². The lowest BCUT2D eigenvalue weighted by Gasteiger charge is -2.28. The molecule has 1 aromatic carbocycles. The van der Waals surface area contributed by atoms with Crippen LogP contribution in [-0.4, -0.2) is 23.5 Å². The largest absolute Gasteiger partial charge is 0.444 e. The van der Waals surface area contributed by atoms with E-state index in [9.17, 15) is 0 Å². The van der Waals surface area contributed by atoms with Crippen molar-refractivity contribution >= 4 is 5.96 Å². The smallest absolute Gasteiger partial charge is 0.226 e. The van der Waals surface area contributed by atoms with E-state index in [0.717, 1.165) is 29.7 Å². The van der Waals surface area contributed by atoms with Gasteiger partial charge in [0, 0.05) is 18.2 Å². The highest BCUT2D eigenvalue weighted by molar-refractivity contribution is 5.80. The maximum Gasteiger partial charge on any atom is 0.226 e. The average molecular weight is 340 g/mol. The molecule has 1 saturated carbocycles. The van der Waals surface area contributed by atoms with Gasteiger partial charge in [-0.25, -0.2) is 9.98 Å². The molecule has 0 radical (unpaired) electrons. The quantitative estimate of drug-likeness (QED) is 0.638. The van der Waals surface area contributed by atoms with Crippen LogP contribution in [0.25, 0.3) is 11.5 Å². The van der Waals surface area contributed by atoms with E-state index in [1.807, 2.05) is 30.3 Å². The number of aromatic nitrogens is 1. The molecule has 1 aliphatic rings. The van der Waals surface area contributed by atoms with Gasteiger partial charge in [0.25, 0.3) is 0 Å². The van der Waals surface area contributed by atoms with Crippen molar-refractivity contribution in [3.05, 3.63) is 42.3 Å². The van der Waals surface area contributed by atoms with E-state index < -0.39 is 0 Å². The van der Waals surface area contributed by atoms with Gasteiger partial charge in [0.2, 0.25) is 5.89 Å².